The van der Waals surface area contributed by atoms with Gasteiger partial charge in [0.15, 0.2) is 0 Å². The van der Waals surface area contributed by atoms with Crippen LogP contribution in [0.1, 0.15) is 38.2 Å². The van der Waals surface area contributed by atoms with Crippen molar-refractivity contribution in [1.29, 1.82) is 0 Å². The van der Waals surface area contributed by atoms with Gasteiger partial charge in [0.2, 0.25) is 20.7 Å². The molecule has 0 aromatic heterocycles. The predicted octanol–water partition coefficient (Wildman–Crippen LogP) is 5.24. The van der Waals surface area contributed by atoms with Gasteiger partial charge in [-0.05, 0) is 74.5 Å². The van der Waals surface area contributed by atoms with Crippen LogP contribution in [0.25, 0.3) is 0 Å². The van der Waals surface area contributed by atoms with Crippen LogP contribution in [-0.4, -0.2) is 62.1 Å². The molecule has 2 fully saturated rings. The second kappa shape index (κ2) is 11.9. The third-order valence-electron chi connectivity index (χ3n) is 8.03. The molecule has 2 aromatic carbocycles. The van der Waals surface area contributed by atoms with E-state index < -0.39 is 14.5 Å². The Kier molecular flexibility index (Phi) is 8.82. The molecule has 2 amide bonds. The Labute approximate surface area is 220 Å². The lowest BCUT2D eigenvalue weighted by atomic mass is 9.95. The van der Waals surface area contributed by atoms with Crippen molar-refractivity contribution in [1.82, 2.24) is 4.90 Å². The summed E-state index contributed by atoms with van der Waals surface area (Å²) in [6.45, 7) is 6.10. The van der Waals surface area contributed by atoms with E-state index in [0.29, 0.717) is 13.0 Å². The van der Waals surface area contributed by atoms with E-state index in [-0.39, 0.29) is 42.5 Å². The van der Waals surface area contributed by atoms with E-state index in [0.717, 1.165) is 42.6 Å². The molecule has 2 heterocycles. The lowest BCUT2D eigenvalue weighted by Gasteiger charge is -2.30. The molecule has 2 aliphatic heterocycles. The first-order chi connectivity index (χ1) is 17.7. The molecule has 0 unspecified atom stereocenters. The normalized spacial score (nSPS) is 25.9. The molecule has 5 atom stereocenters. The van der Waals surface area contributed by atoms with Gasteiger partial charge in [-0.2, -0.15) is 0 Å². The van der Waals surface area contributed by atoms with Crippen molar-refractivity contribution < 1.29 is 23.5 Å². The van der Waals surface area contributed by atoms with Gasteiger partial charge in [-0.1, -0.05) is 37.3 Å². The number of aliphatic hydroxyl groups is 1. The van der Waals surface area contributed by atoms with Gasteiger partial charge in [0.25, 0.3) is 0 Å². The average molecular weight is 527 g/mol. The molecule has 2 aromatic rings. The van der Waals surface area contributed by atoms with Crippen molar-refractivity contribution in [3.63, 3.8) is 0 Å². The minimum atomic E-state index is -3.09. The molecule has 37 heavy (non-hydrogen) atoms. The largest absolute Gasteiger partial charge is 0.394 e. The SMILES string of the molecule is C[C@H]1[C@H]([Si](C)(C)F)[C@@H](CC(=O)N2CCC[C@H]2CO)O[C@H]1CCc1cccc(N(C=O)c2ccccc2)c1. The smallest absolute Gasteiger partial charge is 0.246 e. The van der Waals surface area contributed by atoms with Crippen LogP contribution in [0.5, 0.6) is 0 Å². The van der Waals surface area contributed by atoms with Crippen molar-refractivity contribution in [2.45, 2.75) is 75.9 Å². The molecule has 0 saturated carbocycles. The number of benzene rings is 2. The lowest BCUT2D eigenvalue weighted by Crippen LogP contribution is -2.42. The van der Waals surface area contributed by atoms with E-state index >= 15 is 4.11 Å². The number of carbonyl (C=O) groups excluding carboxylic acids is 2. The molecule has 6 nitrogen and oxygen atoms in total. The molecular formula is C29H39FN2O4Si. The van der Waals surface area contributed by atoms with Gasteiger partial charge >= 0.3 is 0 Å². The van der Waals surface area contributed by atoms with Gasteiger partial charge in [0.05, 0.1) is 31.3 Å². The van der Waals surface area contributed by atoms with Gasteiger partial charge in [-0.3, -0.25) is 14.5 Å². The number of carbonyl (C=O) groups is 2. The third kappa shape index (κ3) is 6.30. The van der Waals surface area contributed by atoms with Crippen LogP contribution in [0.2, 0.25) is 18.6 Å². The number of aryl methyl sites for hydroxylation is 1. The van der Waals surface area contributed by atoms with E-state index in [1.54, 1.807) is 22.9 Å². The number of hydrogen-bond donors (Lipinski definition) is 1. The standard InChI is InChI=1S/C29H39FN2O4Si/c1-21-26(15-14-22-9-7-12-24(17-22)32(20-34)23-10-5-4-6-11-23)36-27(29(21)37(2,3)30)18-28(35)31-16-8-13-25(31)19-33/h4-7,9-12,17,20-21,25-27,29,33H,8,13-16,18-19H2,1-3H3/t21-,25+,26+,27-,29+/m1/s1. The summed E-state index contributed by atoms with van der Waals surface area (Å²) in [4.78, 5) is 28.3. The zero-order valence-electron chi connectivity index (χ0n) is 22.1. The summed E-state index contributed by atoms with van der Waals surface area (Å²) in [6.07, 6.45) is 3.55. The lowest BCUT2D eigenvalue weighted by molar-refractivity contribution is -0.135. The number of para-hydroxylation sites is 1. The summed E-state index contributed by atoms with van der Waals surface area (Å²) in [6, 6.07) is 17.3. The summed E-state index contributed by atoms with van der Waals surface area (Å²) in [5.74, 6) is -0.0316. The topological polar surface area (TPSA) is 70.1 Å². The van der Waals surface area contributed by atoms with Gasteiger partial charge in [-0.25, -0.2) is 0 Å². The highest BCUT2D eigenvalue weighted by atomic mass is 28.4. The summed E-state index contributed by atoms with van der Waals surface area (Å²) in [5.41, 5.74) is 2.41. The Morgan fingerprint density at radius 1 is 1.16 bits per heavy atom. The highest BCUT2D eigenvalue weighted by Gasteiger charge is 2.52. The molecule has 4 rings (SSSR count). The van der Waals surface area contributed by atoms with Crippen LogP contribution in [-0.2, 0) is 20.7 Å². The van der Waals surface area contributed by atoms with E-state index in [1.165, 1.54) is 0 Å². The van der Waals surface area contributed by atoms with E-state index in [2.05, 4.69) is 6.92 Å². The average Bonchev–Trinajstić information content (AvgIpc) is 3.48. The Morgan fingerprint density at radius 3 is 2.57 bits per heavy atom. The molecule has 0 spiro atoms. The van der Waals surface area contributed by atoms with Gasteiger partial charge in [0.1, 0.15) is 0 Å². The van der Waals surface area contributed by atoms with E-state index in [1.807, 2.05) is 54.6 Å². The number of halogens is 1. The molecule has 0 aliphatic carbocycles. The molecule has 8 heteroatoms. The van der Waals surface area contributed by atoms with Crippen molar-refractivity contribution >= 4 is 32.1 Å². The Bertz CT molecular complexity index is 1060. The van der Waals surface area contributed by atoms with Crippen LogP contribution in [0.4, 0.5) is 15.5 Å². The van der Waals surface area contributed by atoms with Gasteiger partial charge < -0.3 is 18.9 Å². The number of amides is 2. The monoisotopic (exact) mass is 526 g/mol. The maximum absolute atomic E-state index is 15.5. The molecule has 1 N–H and O–H groups in total. The minimum absolute atomic E-state index is 0.00987. The number of nitrogens with zero attached hydrogens (tertiary/aromatic N) is 2. The molecule has 0 radical (unpaired) electrons. The number of anilines is 2. The van der Waals surface area contributed by atoms with Crippen LogP contribution < -0.4 is 4.90 Å². The molecule has 2 aliphatic rings. The Morgan fingerprint density at radius 2 is 1.89 bits per heavy atom. The van der Waals surface area contributed by atoms with Gasteiger partial charge in [-0.15, -0.1) is 0 Å². The fourth-order valence-electron chi connectivity index (χ4n) is 6.25. The second-order valence-corrected chi connectivity index (χ2v) is 14.7. The number of ether oxygens (including phenoxy) is 1. The number of aliphatic hydroxyl groups excluding tert-OH is 1. The first kappa shape index (κ1) is 27.5. The zero-order valence-corrected chi connectivity index (χ0v) is 23.1. The predicted molar refractivity (Wildman–Crippen MR) is 146 cm³/mol. The minimum Gasteiger partial charge on any atom is -0.394 e. The van der Waals surface area contributed by atoms with Crippen LogP contribution in [0.15, 0.2) is 54.6 Å². The second-order valence-electron chi connectivity index (χ2n) is 11.0. The van der Waals surface area contributed by atoms with Crippen molar-refractivity contribution in [2.75, 3.05) is 18.1 Å². The molecular weight excluding hydrogens is 487 g/mol. The highest BCUT2D eigenvalue weighted by Crippen LogP contribution is 2.47. The first-order valence-corrected chi connectivity index (χ1v) is 16.3. The van der Waals surface area contributed by atoms with E-state index in [9.17, 15) is 14.7 Å². The fraction of sp³-hybridized carbons (Fsp3) is 0.517. The fourth-order valence-corrected chi connectivity index (χ4v) is 8.79. The summed E-state index contributed by atoms with van der Waals surface area (Å²) >= 11 is 0. The molecule has 200 valence electrons. The Hall–Kier alpha value is -2.55. The maximum Gasteiger partial charge on any atom is 0.246 e. The summed E-state index contributed by atoms with van der Waals surface area (Å²) in [5, 5.41) is 9.62. The van der Waals surface area contributed by atoms with Crippen molar-refractivity contribution in [3.8, 4) is 0 Å². The maximum atomic E-state index is 15.5. The number of rotatable bonds is 10. The molecule has 2 saturated heterocycles. The molecule has 0 bridgehead atoms. The van der Waals surface area contributed by atoms with Crippen molar-refractivity contribution in [2.24, 2.45) is 5.92 Å². The van der Waals surface area contributed by atoms with Crippen LogP contribution in [0, 0.1) is 5.92 Å². The van der Waals surface area contributed by atoms with Crippen LogP contribution in [0.3, 0.4) is 0 Å². The van der Waals surface area contributed by atoms with Crippen LogP contribution >= 0.6 is 0 Å². The number of likely N-dealkylation sites (tertiary alicyclic amines) is 1. The quantitative estimate of drug-likeness (QED) is 0.261. The zero-order chi connectivity index (χ0) is 26.6. The number of hydrogen-bond acceptors (Lipinski definition) is 4. The summed E-state index contributed by atoms with van der Waals surface area (Å²) in [7, 11) is -3.09. The Balaban J connectivity index is 1.44. The first-order valence-electron chi connectivity index (χ1n) is 13.4. The third-order valence-corrected chi connectivity index (χ3v) is 10.5. The van der Waals surface area contributed by atoms with Gasteiger partial charge in [0, 0.05) is 23.5 Å². The van der Waals surface area contributed by atoms with E-state index in [4.69, 9.17) is 4.74 Å². The summed E-state index contributed by atoms with van der Waals surface area (Å²) < 4.78 is 21.9. The highest BCUT2D eigenvalue weighted by molar-refractivity contribution is 6.72. The van der Waals surface area contributed by atoms with Crippen molar-refractivity contribution in [3.05, 3.63) is 60.2 Å².